The zero-order chi connectivity index (χ0) is 16.2. The molecule has 5 nitrogen and oxygen atoms in total. The summed E-state index contributed by atoms with van der Waals surface area (Å²) in [4.78, 5) is 25.5. The standard InChI is InChI=1S/C17H15ClN2O3/c18-13-6-7-15-14(8-13)20(11-17(22)23-15)10-16(21)19-9-12-4-2-1-3-5-12/h1-8H,9-11H2,(H,19,21). The summed E-state index contributed by atoms with van der Waals surface area (Å²) in [6.07, 6.45) is 0. The Bertz CT molecular complexity index is 734. The van der Waals surface area contributed by atoms with Crippen molar-refractivity contribution < 1.29 is 14.3 Å². The second kappa shape index (κ2) is 6.71. The second-order valence-electron chi connectivity index (χ2n) is 5.20. The first-order chi connectivity index (χ1) is 11.1. The van der Waals surface area contributed by atoms with E-state index < -0.39 is 5.97 Å². The monoisotopic (exact) mass is 330 g/mol. The summed E-state index contributed by atoms with van der Waals surface area (Å²) in [5, 5.41) is 3.37. The highest BCUT2D eigenvalue weighted by molar-refractivity contribution is 6.31. The largest absolute Gasteiger partial charge is 0.423 e. The summed E-state index contributed by atoms with van der Waals surface area (Å²) in [7, 11) is 0. The number of anilines is 1. The molecule has 6 heteroatoms. The molecule has 0 spiro atoms. The number of esters is 1. The fourth-order valence-electron chi connectivity index (χ4n) is 2.39. The molecule has 1 N–H and O–H groups in total. The summed E-state index contributed by atoms with van der Waals surface area (Å²) in [6.45, 7) is 0.530. The maximum absolute atomic E-state index is 12.1. The SMILES string of the molecule is O=C(CN1CC(=O)Oc2ccc(Cl)cc21)NCc1ccccc1. The van der Waals surface area contributed by atoms with Crippen LogP contribution in [0.25, 0.3) is 0 Å². The molecule has 0 saturated heterocycles. The van der Waals surface area contributed by atoms with Gasteiger partial charge in [-0.15, -0.1) is 0 Å². The molecule has 0 radical (unpaired) electrons. The number of nitrogens with zero attached hydrogens (tertiary/aromatic N) is 1. The normalized spacial score (nSPS) is 13.3. The van der Waals surface area contributed by atoms with Crippen LogP contribution in [0.15, 0.2) is 48.5 Å². The predicted octanol–water partition coefficient (Wildman–Crippen LogP) is 2.38. The molecular weight excluding hydrogens is 316 g/mol. The van der Waals surface area contributed by atoms with Crippen molar-refractivity contribution in [3.63, 3.8) is 0 Å². The number of amides is 1. The first-order valence-corrected chi connectivity index (χ1v) is 7.55. The van der Waals surface area contributed by atoms with Crippen molar-refractivity contribution in [1.29, 1.82) is 0 Å². The number of hydrogen-bond donors (Lipinski definition) is 1. The Labute approximate surface area is 138 Å². The van der Waals surface area contributed by atoms with E-state index in [1.54, 1.807) is 23.1 Å². The molecule has 3 rings (SSSR count). The number of halogens is 1. The lowest BCUT2D eigenvalue weighted by Crippen LogP contribution is -2.43. The van der Waals surface area contributed by atoms with Crippen LogP contribution < -0.4 is 15.0 Å². The molecule has 1 aliphatic heterocycles. The van der Waals surface area contributed by atoms with Crippen LogP contribution in [0.3, 0.4) is 0 Å². The van der Waals surface area contributed by atoms with E-state index in [1.807, 2.05) is 30.3 Å². The quantitative estimate of drug-likeness (QED) is 0.691. The van der Waals surface area contributed by atoms with Gasteiger partial charge in [0.05, 0.1) is 12.2 Å². The lowest BCUT2D eigenvalue weighted by Gasteiger charge is -2.29. The Balaban J connectivity index is 1.67. The number of benzene rings is 2. The average Bonchev–Trinajstić information content (AvgIpc) is 2.54. The van der Waals surface area contributed by atoms with E-state index in [-0.39, 0.29) is 19.0 Å². The van der Waals surface area contributed by atoms with Gasteiger partial charge in [0, 0.05) is 11.6 Å². The van der Waals surface area contributed by atoms with E-state index in [0.717, 1.165) is 5.56 Å². The molecule has 23 heavy (non-hydrogen) atoms. The Morgan fingerprint density at radius 1 is 1.22 bits per heavy atom. The van der Waals surface area contributed by atoms with Gasteiger partial charge < -0.3 is 15.0 Å². The number of ether oxygens (including phenoxy) is 1. The van der Waals surface area contributed by atoms with E-state index in [4.69, 9.17) is 16.3 Å². The van der Waals surface area contributed by atoms with Gasteiger partial charge in [0.1, 0.15) is 6.54 Å². The van der Waals surface area contributed by atoms with Crippen LogP contribution in [0.4, 0.5) is 5.69 Å². The highest BCUT2D eigenvalue weighted by Gasteiger charge is 2.25. The molecule has 2 aromatic carbocycles. The van der Waals surface area contributed by atoms with Crippen molar-refractivity contribution in [2.75, 3.05) is 18.0 Å². The predicted molar refractivity (Wildman–Crippen MR) is 87.6 cm³/mol. The van der Waals surface area contributed by atoms with Crippen LogP contribution in [0.2, 0.25) is 5.02 Å². The molecule has 0 aliphatic carbocycles. The van der Waals surface area contributed by atoms with Gasteiger partial charge in [0.25, 0.3) is 0 Å². The van der Waals surface area contributed by atoms with Crippen molar-refractivity contribution in [1.82, 2.24) is 5.32 Å². The summed E-state index contributed by atoms with van der Waals surface area (Å²) >= 11 is 5.99. The highest BCUT2D eigenvalue weighted by atomic mass is 35.5. The van der Waals surface area contributed by atoms with Crippen molar-refractivity contribution in [3.8, 4) is 5.75 Å². The third-order valence-corrected chi connectivity index (χ3v) is 3.71. The molecule has 0 aromatic heterocycles. The molecule has 0 fully saturated rings. The zero-order valence-corrected chi connectivity index (χ0v) is 13.0. The maximum atomic E-state index is 12.1. The Morgan fingerprint density at radius 3 is 2.78 bits per heavy atom. The number of fused-ring (bicyclic) bond motifs is 1. The molecule has 118 valence electrons. The summed E-state index contributed by atoms with van der Waals surface area (Å²) < 4.78 is 5.16. The van der Waals surface area contributed by atoms with Crippen molar-refractivity contribution in [2.45, 2.75) is 6.54 Å². The average molecular weight is 331 g/mol. The smallest absolute Gasteiger partial charge is 0.331 e. The number of nitrogens with one attached hydrogen (secondary N) is 1. The van der Waals surface area contributed by atoms with Crippen LogP contribution in [-0.4, -0.2) is 25.0 Å². The van der Waals surface area contributed by atoms with Crippen LogP contribution in [0, 0.1) is 0 Å². The Kier molecular flexibility index (Phi) is 4.48. The van der Waals surface area contributed by atoms with Gasteiger partial charge in [0.2, 0.25) is 5.91 Å². The van der Waals surface area contributed by atoms with Gasteiger partial charge in [-0.2, -0.15) is 0 Å². The third kappa shape index (κ3) is 3.81. The molecule has 0 saturated carbocycles. The maximum Gasteiger partial charge on any atom is 0.331 e. The van der Waals surface area contributed by atoms with Gasteiger partial charge in [-0.3, -0.25) is 4.79 Å². The topological polar surface area (TPSA) is 58.6 Å². The molecule has 0 atom stereocenters. The zero-order valence-electron chi connectivity index (χ0n) is 12.3. The minimum absolute atomic E-state index is 0.0199. The Morgan fingerprint density at radius 2 is 2.00 bits per heavy atom. The lowest BCUT2D eigenvalue weighted by molar-refractivity contribution is -0.133. The third-order valence-electron chi connectivity index (χ3n) is 3.47. The molecular formula is C17H15ClN2O3. The molecule has 1 heterocycles. The summed E-state index contributed by atoms with van der Waals surface area (Å²) in [6, 6.07) is 14.6. The minimum atomic E-state index is -0.393. The molecule has 1 aliphatic rings. The fraction of sp³-hybridized carbons (Fsp3) is 0.176. The molecule has 0 unspecified atom stereocenters. The number of carbonyl (C=O) groups is 2. The van der Waals surface area contributed by atoms with E-state index in [2.05, 4.69) is 5.32 Å². The van der Waals surface area contributed by atoms with Crippen molar-refractivity contribution >= 4 is 29.2 Å². The van der Waals surface area contributed by atoms with Crippen LogP contribution in [-0.2, 0) is 16.1 Å². The van der Waals surface area contributed by atoms with E-state index >= 15 is 0 Å². The van der Waals surface area contributed by atoms with Gasteiger partial charge in [-0.25, -0.2) is 4.79 Å². The first kappa shape index (κ1) is 15.4. The van der Waals surface area contributed by atoms with Crippen molar-refractivity contribution in [3.05, 3.63) is 59.1 Å². The Hall–Kier alpha value is -2.53. The molecule has 2 aromatic rings. The lowest BCUT2D eigenvalue weighted by atomic mass is 10.2. The number of rotatable bonds is 4. The van der Waals surface area contributed by atoms with Gasteiger partial charge >= 0.3 is 5.97 Å². The summed E-state index contributed by atoms with van der Waals surface area (Å²) in [5.41, 5.74) is 1.66. The first-order valence-electron chi connectivity index (χ1n) is 7.17. The van der Waals surface area contributed by atoms with Gasteiger partial charge in [0.15, 0.2) is 5.75 Å². The molecule has 0 bridgehead atoms. The van der Waals surface area contributed by atoms with E-state index in [9.17, 15) is 9.59 Å². The second-order valence-corrected chi connectivity index (χ2v) is 5.64. The van der Waals surface area contributed by atoms with Crippen LogP contribution in [0.1, 0.15) is 5.56 Å². The van der Waals surface area contributed by atoms with Gasteiger partial charge in [-0.1, -0.05) is 41.9 Å². The van der Waals surface area contributed by atoms with Crippen LogP contribution in [0.5, 0.6) is 5.75 Å². The minimum Gasteiger partial charge on any atom is -0.423 e. The summed E-state index contributed by atoms with van der Waals surface area (Å²) in [5.74, 6) is -0.147. The van der Waals surface area contributed by atoms with Gasteiger partial charge in [-0.05, 0) is 23.8 Å². The fourth-order valence-corrected chi connectivity index (χ4v) is 2.55. The van der Waals surface area contributed by atoms with Crippen molar-refractivity contribution in [2.24, 2.45) is 0 Å². The molecule has 1 amide bonds. The number of carbonyl (C=O) groups excluding carboxylic acids is 2. The highest BCUT2D eigenvalue weighted by Crippen LogP contribution is 2.34. The van der Waals surface area contributed by atoms with E-state index in [1.165, 1.54) is 0 Å². The van der Waals surface area contributed by atoms with E-state index in [0.29, 0.717) is 23.0 Å². The number of hydrogen-bond acceptors (Lipinski definition) is 4. The van der Waals surface area contributed by atoms with Crippen LogP contribution >= 0.6 is 11.6 Å².